The van der Waals surface area contributed by atoms with Crippen LogP contribution in [0.5, 0.6) is 11.5 Å². The summed E-state index contributed by atoms with van der Waals surface area (Å²) >= 11 is 0. The molecule has 0 saturated heterocycles. The highest BCUT2D eigenvalue weighted by Crippen LogP contribution is 2.17. The summed E-state index contributed by atoms with van der Waals surface area (Å²) in [6, 6.07) is 7.67. The topological polar surface area (TPSA) is 18.5 Å². The molecule has 0 N–H and O–H groups in total. The Labute approximate surface area is 185 Å². The molecular weight excluding hydrogens is 372 g/mol. The minimum atomic E-state index is 0.412. The van der Waals surface area contributed by atoms with E-state index >= 15 is 0 Å². The Morgan fingerprint density at radius 2 is 0.833 bits per heavy atom. The third-order valence-corrected chi connectivity index (χ3v) is 6.55. The van der Waals surface area contributed by atoms with Gasteiger partial charge in [-0.1, -0.05) is 11.8 Å². The molecule has 0 saturated carbocycles. The highest BCUT2D eigenvalue weighted by atomic mass is 16.5. The van der Waals surface area contributed by atoms with Gasteiger partial charge in [-0.3, -0.25) is 0 Å². The number of ether oxygens (including phenoxy) is 2. The van der Waals surface area contributed by atoms with E-state index in [-0.39, 0.29) is 0 Å². The fourth-order valence-corrected chi connectivity index (χ4v) is 3.43. The van der Waals surface area contributed by atoms with Crippen molar-refractivity contribution in [1.29, 1.82) is 0 Å². The molecule has 0 fully saturated rings. The molecule has 0 aliphatic carbocycles. The predicted octanol–water partition coefficient (Wildman–Crippen LogP) is 4.20. The minimum Gasteiger partial charge on any atom is -0.481 e. The second-order valence-corrected chi connectivity index (χ2v) is 7.65. The molecular formula is C26H42N2O2+2. The molecule has 0 bridgehead atoms. The third kappa shape index (κ3) is 8.31. The Morgan fingerprint density at radius 3 is 1.10 bits per heavy atom. The SMILES string of the molecule is CC[N+](CC)(CC)CC#CCOc1ccc(OCC#CC[N+](CC)(CC)CC)cc1. The minimum absolute atomic E-state index is 0.412. The maximum Gasteiger partial charge on any atom is 0.149 e. The van der Waals surface area contributed by atoms with E-state index in [1.165, 1.54) is 0 Å². The van der Waals surface area contributed by atoms with E-state index in [2.05, 4.69) is 65.2 Å². The summed E-state index contributed by atoms with van der Waals surface area (Å²) in [5.41, 5.74) is 0. The van der Waals surface area contributed by atoms with E-state index in [4.69, 9.17) is 9.47 Å². The zero-order valence-electron chi connectivity index (χ0n) is 20.1. The van der Waals surface area contributed by atoms with Gasteiger partial charge in [-0.15, -0.1) is 0 Å². The highest BCUT2D eigenvalue weighted by Gasteiger charge is 2.19. The number of hydrogen-bond donors (Lipinski definition) is 0. The quantitative estimate of drug-likeness (QED) is 0.377. The number of nitrogens with zero attached hydrogens (tertiary/aromatic N) is 2. The Balaban J connectivity index is 2.42. The summed E-state index contributed by atoms with van der Waals surface area (Å²) in [4.78, 5) is 0. The van der Waals surface area contributed by atoms with E-state index in [9.17, 15) is 0 Å². The first-order valence-electron chi connectivity index (χ1n) is 11.5. The van der Waals surface area contributed by atoms with Crippen LogP contribution in [0.2, 0.25) is 0 Å². The lowest BCUT2D eigenvalue weighted by Gasteiger charge is -2.33. The van der Waals surface area contributed by atoms with Gasteiger partial charge in [-0.25, -0.2) is 0 Å². The molecule has 4 heteroatoms. The second-order valence-electron chi connectivity index (χ2n) is 7.65. The highest BCUT2D eigenvalue weighted by molar-refractivity contribution is 5.31. The molecule has 1 aromatic rings. The fourth-order valence-electron chi connectivity index (χ4n) is 3.43. The maximum atomic E-state index is 5.73. The normalized spacial score (nSPS) is 11.1. The Kier molecular flexibility index (Phi) is 12.1. The first kappa shape index (κ1) is 25.9. The molecule has 0 aliphatic rings. The van der Waals surface area contributed by atoms with Crippen molar-refractivity contribution in [3.63, 3.8) is 0 Å². The summed E-state index contributed by atoms with van der Waals surface area (Å²) in [6.45, 7) is 22.7. The van der Waals surface area contributed by atoms with Gasteiger partial charge in [0, 0.05) is 0 Å². The lowest BCUT2D eigenvalue weighted by Crippen LogP contribution is -2.47. The van der Waals surface area contributed by atoms with Gasteiger partial charge < -0.3 is 18.4 Å². The van der Waals surface area contributed by atoms with Crippen LogP contribution < -0.4 is 9.47 Å². The smallest absolute Gasteiger partial charge is 0.149 e. The van der Waals surface area contributed by atoms with Crippen LogP contribution in [0.4, 0.5) is 0 Å². The van der Waals surface area contributed by atoms with E-state index in [0.29, 0.717) is 13.2 Å². The molecule has 0 spiro atoms. The van der Waals surface area contributed by atoms with Gasteiger partial charge in [0.1, 0.15) is 37.8 Å². The lowest BCUT2D eigenvalue weighted by molar-refractivity contribution is -0.916. The Hall–Kier alpha value is -2.14. The molecule has 30 heavy (non-hydrogen) atoms. The molecule has 4 nitrogen and oxygen atoms in total. The molecule has 0 atom stereocenters. The van der Waals surface area contributed by atoms with Crippen molar-refractivity contribution in [3.05, 3.63) is 24.3 Å². The first-order valence-corrected chi connectivity index (χ1v) is 11.5. The zero-order valence-corrected chi connectivity index (χ0v) is 20.1. The van der Waals surface area contributed by atoms with Gasteiger partial charge in [-0.05, 0) is 77.6 Å². The van der Waals surface area contributed by atoms with Crippen molar-refractivity contribution in [3.8, 4) is 35.2 Å². The van der Waals surface area contributed by atoms with E-state index in [1.807, 2.05) is 24.3 Å². The van der Waals surface area contributed by atoms with Gasteiger partial charge in [0.25, 0.3) is 0 Å². The molecule has 0 amide bonds. The predicted molar refractivity (Wildman–Crippen MR) is 126 cm³/mol. The fraction of sp³-hybridized carbons (Fsp3) is 0.615. The molecule has 0 radical (unpaired) electrons. The summed E-state index contributed by atoms with van der Waals surface area (Å²) < 4.78 is 13.5. The van der Waals surface area contributed by atoms with Gasteiger partial charge >= 0.3 is 0 Å². The standard InChI is InChI=1S/C26H42N2O2/c1-7-27(8-2,9-3)21-13-15-23-29-25-17-19-26(20-18-25)30-24-16-14-22-28(10-4,11-5)12-6/h17-20H,7-12,21-24H2,1-6H3/q+2. The van der Waals surface area contributed by atoms with Crippen LogP contribution in [0.25, 0.3) is 0 Å². The molecule has 0 aliphatic heterocycles. The summed E-state index contributed by atoms with van der Waals surface area (Å²) in [5, 5.41) is 0. The van der Waals surface area contributed by atoms with Crippen LogP contribution in [0.3, 0.4) is 0 Å². The van der Waals surface area contributed by atoms with Gasteiger partial charge in [0.05, 0.1) is 39.3 Å². The van der Waals surface area contributed by atoms with Gasteiger partial charge in [-0.2, -0.15) is 0 Å². The van der Waals surface area contributed by atoms with E-state index in [0.717, 1.165) is 72.8 Å². The van der Waals surface area contributed by atoms with Crippen molar-refractivity contribution in [2.45, 2.75) is 41.5 Å². The first-order chi connectivity index (χ1) is 14.5. The average Bonchev–Trinajstić information content (AvgIpc) is 2.80. The summed E-state index contributed by atoms with van der Waals surface area (Å²) in [6.07, 6.45) is 0. The van der Waals surface area contributed by atoms with Crippen LogP contribution >= 0.6 is 0 Å². The van der Waals surface area contributed by atoms with E-state index in [1.54, 1.807) is 0 Å². The van der Waals surface area contributed by atoms with Crippen molar-refractivity contribution in [2.24, 2.45) is 0 Å². The Morgan fingerprint density at radius 1 is 0.533 bits per heavy atom. The molecule has 0 heterocycles. The van der Waals surface area contributed by atoms with Crippen molar-refractivity contribution in [1.82, 2.24) is 0 Å². The lowest BCUT2D eigenvalue weighted by atomic mass is 10.3. The van der Waals surface area contributed by atoms with E-state index < -0.39 is 0 Å². The molecule has 0 aromatic heterocycles. The van der Waals surface area contributed by atoms with Gasteiger partial charge in [0.15, 0.2) is 0 Å². The van der Waals surface area contributed by atoms with Crippen LogP contribution in [0.15, 0.2) is 24.3 Å². The zero-order chi connectivity index (χ0) is 22.3. The third-order valence-electron chi connectivity index (χ3n) is 6.55. The largest absolute Gasteiger partial charge is 0.481 e. The number of hydrogen-bond acceptors (Lipinski definition) is 2. The number of quaternary nitrogens is 2. The van der Waals surface area contributed by atoms with Crippen LogP contribution in [-0.2, 0) is 0 Å². The molecule has 0 unspecified atom stereocenters. The number of benzene rings is 1. The Bertz CT molecular complexity index is 632. The van der Waals surface area contributed by atoms with Crippen LogP contribution in [0.1, 0.15) is 41.5 Å². The van der Waals surface area contributed by atoms with Crippen molar-refractivity contribution in [2.75, 3.05) is 65.6 Å². The number of rotatable bonds is 12. The van der Waals surface area contributed by atoms with Crippen LogP contribution in [-0.4, -0.2) is 74.5 Å². The van der Waals surface area contributed by atoms with Gasteiger partial charge in [0.2, 0.25) is 0 Å². The van der Waals surface area contributed by atoms with Crippen molar-refractivity contribution < 1.29 is 18.4 Å². The van der Waals surface area contributed by atoms with Crippen molar-refractivity contribution >= 4 is 0 Å². The molecule has 1 rings (SSSR count). The summed E-state index contributed by atoms with van der Waals surface area (Å²) in [7, 11) is 0. The second kappa shape index (κ2) is 14.0. The maximum absolute atomic E-state index is 5.73. The monoisotopic (exact) mass is 414 g/mol. The molecule has 166 valence electrons. The molecule has 1 aromatic carbocycles. The van der Waals surface area contributed by atoms with Crippen LogP contribution in [0, 0.1) is 23.7 Å². The summed E-state index contributed by atoms with van der Waals surface area (Å²) in [5.74, 6) is 14.5. The average molecular weight is 415 g/mol.